The lowest BCUT2D eigenvalue weighted by Gasteiger charge is -2.07. The number of non-ortho nitro benzene ring substituents is 1. The van der Waals surface area contributed by atoms with Crippen LogP contribution in [0.2, 0.25) is 10.0 Å². The summed E-state index contributed by atoms with van der Waals surface area (Å²) in [7, 11) is 0. The van der Waals surface area contributed by atoms with Crippen LogP contribution in [0, 0.1) is 10.1 Å². The van der Waals surface area contributed by atoms with Crippen LogP contribution in [0.15, 0.2) is 42.5 Å². The lowest BCUT2D eigenvalue weighted by molar-refractivity contribution is -0.384. The highest BCUT2D eigenvalue weighted by molar-refractivity contribution is 6.35. The molecule has 2 rings (SSSR count). The Morgan fingerprint density at radius 3 is 2.56 bits per heavy atom. The minimum atomic E-state index is -0.490. The van der Waals surface area contributed by atoms with E-state index in [9.17, 15) is 10.1 Å². The maximum absolute atomic E-state index is 10.6. The van der Waals surface area contributed by atoms with Gasteiger partial charge in [-0.05, 0) is 24.3 Å². The van der Waals surface area contributed by atoms with Gasteiger partial charge in [0.1, 0.15) is 11.5 Å². The summed E-state index contributed by atoms with van der Waals surface area (Å²) in [6, 6.07) is 10.6. The van der Waals surface area contributed by atoms with Crippen molar-refractivity contribution in [2.75, 3.05) is 0 Å². The zero-order valence-electron chi connectivity index (χ0n) is 8.97. The van der Waals surface area contributed by atoms with E-state index < -0.39 is 4.92 Å². The zero-order valence-corrected chi connectivity index (χ0v) is 10.5. The molecule has 4 nitrogen and oxygen atoms in total. The third-order valence-corrected chi connectivity index (χ3v) is 2.68. The molecule has 18 heavy (non-hydrogen) atoms. The summed E-state index contributed by atoms with van der Waals surface area (Å²) in [6.45, 7) is 0. The molecular weight excluding hydrogens is 277 g/mol. The van der Waals surface area contributed by atoms with Crippen molar-refractivity contribution in [3.05, 3.63) is 62.6 Å². The lowest BCUT2D eigenvalue weighted by Crippen LogP contribution is -1.89. The Kier molecular flexibility index (Phi) is 3.69. The van der Waals surface area contributed by atoms with Gasteiger partial charge in [0.2, 0.25) is 0 Å². The lowest BCUT2D eigenvalue weighted by atomic mass is 10.3. The van der Waals surface area contributed by atoms with Crippen LogP contribution in [0.1, 0.15) is 0 Å². The molecule has 0 heterocycles. The van der Waals surface area contributed by atoms with Crippen LogP contribution < -0.4 is 4.74 Å². The van der Waals surface area contributed by atoms with Crippen LogP contribution in [-0.4, -0.2) is 4.92 Å². The molecule has 92 valence electrons. The minimum Gasteiger partial charge on any atom is -0.456 e. The summed E-state index contributed by atoms with van der Waals surface area (Å²) in [5, 5.41) is 11.5. The molecule has 0 saturated heterocycles. The summed E-state index contributed by atoms with van der Waals surface area (Å²) in [4.78, 5) is 10.1. The predicted octanol–water partition coefficient (Wildman–Crippen LogP) is 4.69. The van der Waals surface area contributed by atoms with Crippen molar-refractivity contribution in [2.24, 2.45) is 0 Å². The SMILES string of the molecule is O=[N+]([O-])c1cccc(Oc2ccc(Cl)cc2Cl)c1. The van der Waals surface area contributed by atoms with Gasteiger partial charge in [0.05, 0.1) is 16.0 Å². The van der Waals surface area contributed by atoms with E-state index in [1.54, 1.807) is 18.2 Å². The Labute approximate surface area is 113 Å². The first kappa shape index (κ1) is 12.7. The van der Waals surface area contributed by atoms with E-state index in [4.69, 9.17) is 27.9 Å². The largest absolute Gasteiger partial charge is 0.456 e. The minimum absolute atomic E-state index is 0.0439. The van der Waals surface area contributed by atoms with E-state index in [2.05, 4.69) is 0 Å². The fraction of sp³-hybridized carbons (Fsp3) is 0. The quantitative estimate of drug-likeness (QED) is 0.606. The number of benzene rings is 2. The summed E-state index contributed by atoms with van der Waals surface area (Å²) in [5.74, 6) is 0.731. The third-order valence-electron chi connectivity index (χ3n) is 2.15. The fourth-order valence-corrected chi connectivity index (χ4v) is 1.79. The van der Waals surface area contributed by atoms with Crippen molar-refractivity contribution in [2.45, 2.75) is 0 Å². The first-order valence-electron chi connectivity index (χ1n) is 4.93. The molecule has 0 amide bonds. The zero-order chi connectivity index (χ0) is 13.1. The Bertz CT molecular complexity index is 602. The maximum atomic E-state index is 10.6. The average molecular weight is 284 g/mol. The van der Waals surface area contributed by atoms with E-state index in [0.29, 0.717) is 21.5 Å². The van der Waals surface area contributed by atoms with Gasteiger partial charge in [0.15, 0.2) is 0 Å². The Balaban J connectivity index is 2.28. The number of rotatable bonds is 3. The first-order chi connectivity index (χ1) is 8.56. The van der Waals surface area contributed by atoms with Crippen molar-refractivity contribution in [3.8, 4) is 11.5 Å². The summed E-state index contributed by atoms with van der Waals surface area (Å²) < 4.78 is 5.46. The van der Waals surface area contributed by atoms with Gasteiger partial charge in [-0.15, -0.1) is 0 Å². The van der Waals surface area contributed by atoms with Gasteiger partial charge in [-0.1, -0.05) is 29.3 Å². The van der Waals surface area contributed by atoms with Gasteiger partial charge in [-0.2, -0.15) is 0 Å². The highest BCUT2D eigenvalue weighted by Gasteiger charge is 2.08. The van der Waals surface area contributed by atoms with Crippen LogP contribution in [0.4, 0.5) is 5.69 Å². The van der Waals surface area contributed by atoms with E-state index in [0.717, 1.165) is 0 Å². The number of nitro groups is 1. The van der Waals surface area contributed by atoms with Crippen molar-refractivity contribution in [1.29, 1.82) is 0 Å². The Hall–Kier alpha value is -1.78. The van der Waals surface area contributed by atoms with Gasteiger partial charge in [-0.25, -0.2) is 0 Å². The van der Waals surface area contributed by atoms with E-state index >= 15 is 0 Å². The number of halogens is 2. The number of ether oxygens (including phenoxy) is 1. The molecule has 0 aliphatic carbocycles. The second-order valence-electron chi connectivity index (χ2n) is 3.43. The van der Waals surface area contributed by atoms with Crippen molar-refractivity contribution in [1.82, 2.24) is 0 Å². The molecular formula is C12H7Cl2NO3. The van der Waals surface area contributed by atoms with Crippen LogP contribution in [0.3, 0.4) is 0 Å². The molecule has 2 aromatic carbocycles. The number of nitrogens with zero attached hydrogens (tertiary/aromatic N) is 1. The predicted molar refractivity (Wildman–Crippen MR) is 69.6 cm³/mol. The van der Waals surface area contributed by atoms with Gasteiger partial charge in [-0.3, -0.25) is 10.1 Å². The monoisotopic (exact) mass is 283 g/mol. The van der Waals surface area contributed by atoms with Crippen molar-refractivity contribution in [3.63, 3.8) is 0 Å². The molecule has 0 N–H and O–H groups in total. The van der Waals surface area contributed by atoms with Crippen LogP contribution >= 0.6 is 23.2 Å². The van der Waals surface area contributed by atoms with E-state index in [1.807, 2.05) is 0 Å². The highest BCUT2D eigenvalue weighted by atomic mass is 35.5. The second-order valence-corrected chi connectivity index (χ2v) is 4.27. The molecule has 0 spiro atoms. The normalized spacial score (nSPS) is 10.1. The molecule has 0 aliphatic heterocycles. The Morgan fingerprint density at radius 2 is 1.89 bits per heavy atom. The van der Waals surface area contributed by atoms with Gasteiger partial charge < -0.3 is 4.74 Å². The molecule has 0 fully saturated rings. The number of hydrogen-bond acceptors (Lipinski definition) is 3. The molecule has 0 saturated carbocycles. The van der Waals surface area contributed by atoms with Crippen LogP contribution in [0.5, 0.6) is 11.5 Å². The summed E-state index contributed by atoms with van der Waals surface area (Å²) >= 11 is 11.7. The molecule has 0 radical (unpaired) electrons. The van der Waals surface area contributed by atoms with Crippen molar-refractivity contribution >= 4 is 28.9 Å². The Morgan fingerprint density at radius 1 is 1.11 bits per heavy atom. The topological polar surface area (TPSA) is 52.4 Å². The molecule has 2 aromatic rings. The first-order valence-corrected chi connectivity index (χ1v) is 5.69. The average Bonchev–Trinajstić information content (AvgIpc) is 2.33. The van der Waals surface area contributed by atoms with E-state index in [1.165, 1.54) is 24.3 Å². The fourth-order valence-electron chi connectivity index (χ4n) is 1.35. The number of hydrogen-bond donors (Lipinski definition) is 0. The molecule has 0 unspecified atom stereocenters. The molecule has 0 aliphatic rings. The smallest absolute Gasteiger partial charge is 0.273 e. The summed E-state index contributed by atoms with van der Waals surface area (Å²) in [5.41, 5.74) is -0.0439. The van der Waals surface area contributed by atoms with E-state index in [-0.39, 0.29) is 5.69 Å². The highest BCUT2D eigenvalue weighted by Crippen LogP contribution is 2.32. The molecule has 0 atom stereocenters. The second kappa shape index (κ2) is 5.25. The molecule has 0 bridgehead atoms. The van der Waals surface area contributed by atoms with Crippen LogP contribution in [0.25, 0.3) is 0 Å². The van der Waals surface area contributed by atoms with Gasteiger partial charge >= 0.3 is 0 Å². The van der Waals surface area contributed by atoms with Gasteiger partial charge in [0, 0.05) is 11.1 Å². The molecule has 6 heteroatoms. The van der Waals surface area contributed by atoms with Crippen LogP contribution in [-0.2, 0) is 0 Å². The summed E-state index contributed by atoms with van der Waals surface area (Å²) in [6.07, 6.45) is 0. The van der Waals surface area contributed by atoms with Gasteiger partial charge in [0.25, 0.3) is 5.69 Å². The standard InChI is InChI=1S/C12H7Cl2NO3/c13-8-4-5-12(11(14)6-8)18-10-3-1-2-9(7-10)15(16)17/h1-7H. The van der Waals surface area contributed by atoms with Crippen molar-refractivity contribution < 1.29 is 9.66 Å². The maximum Gasteiger partial charge on any atom is 0.273 e. The number of nitro benzene ring substituents is 1. The third kappa shape index (κ3) is 2.91. The molecule has 0 aromatic heterocycles.